The van der Waals surface area contributed by atoms with Gasteiger partial charge in [0.1, 0.15) is 5.82 Å². The van der Waals surface area contributed by atoms with Crippen LogP contribution in [0, 0.1) is 11.8 Å². The number of hydrogen-bond donors (Lipinski definition) is 1. The average molecular weight is 472 g/mol. The molecule has 1 aliphatic rings. The van der Waals surface area contributed by atoms with Crippen molar-refractivity contribution in [2.75, 3.05) is 26.5 Å². The minimum Gasteiger partial charge on any atom is -0.383 e. The highest BCUT2D eigenvalue weighted by Gasteiger charge is 2.34. The first kappa shape index (κ1) is 26.4. The Morgan fingerprint density at radius 3 is 2.63 bits per heavy atom. The summed E-state index contributed by atoms with van der Waals surface area (Å²) >= 11 is 0. The maximum absolute atomic E-state index is 5.08. The van der Waals surface area contributed by atoms with Crippen molar-refractivity contribution in [1.82, 2.24) is 14.9 Å². The van der Waals surface area contributed by atoms with Gasteiger partial charge < -0.3 is 10.2 Å². The molecule has 1 N–H and O–H groups in total. The third-order valence-electron chi connectivity index (χ3n) is 7.04. The molecule has 186 valence electrons. The van der Waals surface area contributed by atoms with Crippen molar-refractivity contribution in [1.29, 1.82) is 0 Å². The predicted molar refractivity (Wildman–Crippen MR) is 152 cm³/mol. The van der Waals surface area contributed by atoms with Crippen LogP contribution in [0.25, 0.3) is 22.5 Å². The van der Waals surface area contributed by atoms with Crippen LogP contribution in [-0.2, 0) is 0 Å². The van der Waals surface area contributed by atoms with Gasteiger partial charge in [-0.1, -0.05) is 63.6 Å². The van der Waals surface area contributed by atoms with Crippen LogP contribution >= 0.6 is 0 Å². The zero-order valence-corrected chi connectivity index (χ0v) is 22.3. The molecular weight excluding hydrogens is 430 g/mol. The van der Waals surface area contributed by atoms with E-state index in [1.165, 1.54) is 25.7 Å². The number of nitrogens with one attached hydrogen (secondary N) is 1. The number of rotatable bonds is 10. The Kier molecular flexibility index (Phi) is 9.41. The molecule has 0 aliphatic heterocycles. The van der Waals surface area contributed by atoms with Gasteiger partial charge in [-0.05, 0) is 48.8 Å². The Morgan fingerprint density at radius 2 is 2.00 bits per heavy atom. The normalized spacial score (nSPS) is 20.9. The first-order valence-electron chi connectivity index (χ1n) is 12.8. The van der Waals surface area contributed by atoms with Crippen LogP contribution in [0.4, 0.5) is 5.82 Å². The monoisotopic (exact) mass is 471 g/mol. The number of aliphatic imine (C=N–C) groups is 1. The van der Waals surface area contributed by atoms with Gasteiger partial charge in [0.25, 0.3) is 0 Å². The lowest BCUT2D eigenvalue weighted by Crippen LogP contribution is -2.27. The van der Waals surface area contributed by atoms with E-state index >= 15 is 0 Å². The van der Waals surface area contributed by atoms with E-state index in [2.05, 4.69) is 67.3 Å². The molecule has 2 aromatic rings. The van der Waals surface area contributed by atoms with Crippen molar-refractivity contribution < 1.29 is 0 Å². The summed E-state index contributed by atoms with van der Waals surface area (Å²) in [6.07, 6.45) is 14.7. The fourth-order valence-electron chi connectivity index (χ4n) is 5.27. The Bertz CT molecular complexity index is 1100. The summed E-state index contributed by atoms with van der Waals surface area (Å²) in [5.74, 6) is 3.04. The summed E-state index contributed by atoms with van der Waals surface area (Å²) in [6.45, 7) is 10.7. The summed E-state index contributed by atoms with van der Waals surface area (Å²) in [6, 6.07) is 8.78. The second-order valence-corrected chi connectivity index (χ2v) is 9.49. The second-order valence-electron chi connectivity index (χ2n) is 9.49. The number of allylic oxidation sites excluding steroid dienone is 4. The molecule has 5 nitrogen and oxygen atoms in total. The van der Waals surface area contributed by atoms with Crippen LogP contribution in [-0.4, -0.2) is 48.3 Å². The van der Waals surface area contributed by atoms with Crippen molar-refractivity contribution in [3.05, 3.63) is 66.5 Å². The third-order valence-corrected chi connectivity index (χ3v) is 7.04. The Morgan fingerprint density at radius 1 is 1.20 bits per heavy atom. The van der Waals surface area contributed by atoms with Gasteiger partial charge in [-0.2, -0.15) is 0 Å². The highest BCUT2D eigenvalue weighted by molar-refractivity contribution is 6.11. The summed E-state index contributed by atoms with van der Waals surface area (Å²) in [5, 5.41) is 3.84. The Labute approximate surface area is 211 Å². The van der Waals surface area contributed by atoms with E-state index < -0.39 is 0 Å². The standard InChI is InChI=1S/C30H41N5/c1-8-21-15-16-28(26(21)11-4)33-30-27(22(9-2)18-31-5)19-32-29(34-30)25-14-12-13-24(17-25)23(10-3)20-35(6)7/h9-10,12-14,17-21,26,28H,3,8,11,15-16H2,1-2,4-7H3,(H,32,33,34)/b22-9+,23-20+,31-18-. The largest absolute Gasteiger partial charge is 0.383 e. The van der Waals surface area contributed by atoms with Gasteiger partial charge in [-0.25, -0.2) is 9.97 Å². The predicted octanol–water partition coefficient (Wildman–Crippen LogP) is 6.96. The molecule has 0 amide bonds. The molecule has 1 aliphatic carbocycles. The summed E-state index contributed by atoms with van der Waals surface area (Å²) in [4.78, 5) is 16.2. The topological polar surface area (TPSA) is 53.4 Å². The van der Waals surface area contributed by atoms with Crippen LogP contribution in [0.5, 0.6) is 0 Å². The summed E-state index contributed by atoms with van der Waals surface area (Å²) < 4.78 is 0. The molecule has 3 rings (SSSR count). The van der Waals surface area contributed by atoms with Gasteiger partial charge in [0.15, 0.2) is 5.82 Å². The molecular formula is C30H41N5. The van der Waals surface area contributed by atoms with Crippen LogP contribution < -0.4 is 5.32 Å². The van der Waals surface area contributed by atoms with E-state index in [1.54, 1.807) is 7.05 Å². The van der Waals surface area contributed by atoms with Crippen molar-refractivity contribution in [2.24, 2.45) is 16.8 Å². The lowest BCUT2D eigenvalue weighted by atomic mass is 9.89. The molecule has 0 radical (unpaired) electrons. The number of nitrogens with zero attached hydrogens (tertiary/aromatic N) is 4. The first-order chi connectivity index (χ1) is 16.9. The molecule has 0 bridgehead atoms. The van der Waals surface area contributed by atoms with E-state index in [4.69, 9.17) is 9.97 Å². The van der Waals surface area contributed by atoms with Crippen LogP contribution in [0.15, 0.2) is 60.4 Å². The molecule has 35 heavy (non-hydrogen) atoms. The Hall–Kier alpha value is -3.21. The smallest absolute Gasteiger partial charge is 0.161 e. The SMILES string of the molecule is C=C/C(=C\N(C)C)c1cccc(-c2ncc(C(/C=N\C)=C/C)c(NC3CCC(CC)C3CC)n2)c1. The minimum atomic E-state index is 0.421. The number of benzene rings is 1. The maximum Gasteiger partial charge on any atom is 0.161 e. The molecule has 1 heterocycles. The lowest BCUT2D eigenvalue weighted by molar-refractivity contribution is 0.351. The van der Waals surface area contributed by atoms with Crippen LogP contribution in [0.2, 0.25) is 0 Å². The van der Waals surface area contributed by atoms with E-state index in [0.717, 1.165) is 39.6 Å². The average Bonchev–Trinajstić information content (AvgIpc) is 3.27. The highest BCUT2D eigenvalue weighted by atomic mass is 15.1. The number of hydrogen-bond acceptors (Lipinski definition) is 5. The number of aromatic nitrogens is 2. The zero-order valence-electron chi connectivity index (χ0n) is 22.3. The Balaban J connectivity index is 2.05. The van der Waals surface area contributed by atoms with Crippen molar-refractivity contribution in [3.63, 3.8) is 0 Å². The van der Waals surface area contributed by atoms with Crippen molar-refractivity contribution in [2.45, 2.75) is 52.5 Å². The van der Waals surface area contributed by atoms with E-state index in [-0.39, 0.29) is 0 Å². The molecule has 0 spiro atoms. The van der Waals surface area contributed by atoms with E-state index in [9.17, 15) is 0 Å². The van der Waals surface area contributed by atoms with Gasteiger partial charge in [0, 0.05) is 62.5 Å². The third kappa shape index (κ3) is 6.27. The quantitative estimate of drug-likeness (QED) is 0.300. The summed E-state index contributed by atoms with van der Waals surface area (Å²) in [5.41, 5.74) is 5.15. The molecule has 1 aromatic heterocycles. The fraction of sp³-hybridized carbons (Fsp3) is 0.433. The maximum atomic E-state index is 5.08. The zero-order chi connectivity index (χ0) is 25.4. The molecule has 1 aromatic carbocycles. The van der Waals surface area contributed by atoms with Gasteiger partial charge in [-0.3, -0.25) is 4.99 Å². The minimum absolute atomic E-state index is 0.421. The first-order valence-corrected chi connectivity index (χ1v) is 12.8. The van der Waals surface area contributed by atoms with E-state index in [0.29, 0.717) is 17.8 Å². The van der Waals surface area contributed by atoms with Crippen molar-refractivity contribution >= 4 is 23.2 Å². The fourth-order valence-corrected chi connectivity index (χ4v) is 5.27. The van der Waals surface area contributed by atoms with Crippen LogP contribution in [0.1, 0.15) is 57.6 Å². The molecule has 5 heteroatoms. The molecule has 3 atom stereocenters. The molecule has 3 unspecified atom stereocenters. The van der Waals surface area contributed by atoms with Gasteiger partial charge in [-0.15, -0.1) is 0 Å². The number of anilines is 1. The highest BCUT2D eigenvalue weighted by Crippen LogP contribution is 2.39. The second kappa shape index (κ2) is 12.5. The molecule has 1 fully saturated rings. The van der Waals surface area contributed by atoms with Gasteiger partial charge in [0.2, 0.25) is 0 Å². The van der Waals surface area contributed by atoms with E-state index in [1.807, 2.05) is 44.4 Å². The van der Waals surface area contributed by atoms with Crippen molar-refractivity contribution in [3.8, 4) is 11.4 Å². The summed E-state index contributed by atoms with van der Waals surface area (Å²) in [7, 11) is 5.83. The lowest BCUT2D eigenvalue weighted by Gasteiger charge is -2.25. The molecule has 0 saturated heterocycles. The van der Waals surface area contributed by atoms with Gasteiger partial charge >= 0.3 is 0 Å². The van der Waals surface area contributed by atoms with Crippen LogP contribution in [0.3, 0.4) is 0 Å². The molecule has 1 saturated carbocycles. The van der Waals surface area contributed by atoms with Gasteiger partial charge in [0.05, 0.1) is 0 Å².